The van der Waals surface area contributed by atoms with Crippen LogP contribution in [-0.4, -0.2) is 31.1 Å². The normalized spacial score (nSPS) is 25.1. The van der Waals surface area contributed by atoms with E-state index >= 15 is 0 Å². The summed E-state index contributed by atoms with van der Waals surface area (Å²) in [5.74, 6) is -1.11. The van der Waals surface area contributed by atoms with Crippen molar-refractivity contribution < 1.29 is 19.6 Å². The molecule has 1 unspecified atom stereocenters. The van der Waals surface area contributed by atoms with Gasteiger partial charge in [-0.2, -0.15) is 0 Å². The Labute approximate surface area is 151 Å². The van der Waals surface area contributed by atoms with Crippen LogP contribution in [0.1, 0.15) is 24.0 Å². The highest BCUT2D eigenvalue weighted by Crippen LogP contribution is 2.47. The number of hydrogen-bond acceptors (Lipinski definition) is 4. The van der Waals surface area contributed by atoms with E-state index in [1.54, 1.807) is 11.8 Å². The van der Waals surface area contributed by atoms with Gasteiger partial charge in [-0.3, -0.25) is 0 Å². The molecular weight excluding hydrogens is 334 g/mol. The Morgan fingerprint density at radius 1 is 0.960 bits per heavy atom. The van der Waals surface area contributed by atoms with Gasteiger partial charge in [0.1, 0.15) is 0 Å². The van der Waals surface area contributed by atoms with Gasteiger partial charge < -0.3 is 14.8 Å². The average Bonchev–Trinajstić information content (AvgIpc) is 2.95. The molecule has 0 amide bonds. The summed E-state index contributed by atoms with van der Waals surface area (Å²) in [5, 5.41) is 2.23. The minimum absolute atomic E-state index is 0.308. The van der Waals surface area contributed by atoms with Crippen molar-refractivity contribution in [3.8, 4) is 0 Å². The third kappa shape index (κ3) is 2.76. The van der Waals surface area contributed by atoms with Crippen LogP contribution in [0.2, 0.25) is 0 Å². The Balaban J connectivity index is 1.83. The summed E-state index contributed by atoms with van der Waals surface area (Å²) in [6, 6.07) is 17.7. The molecule has 5 heteroatoms. The van der Waals surface area contributed by atoms with E-state index in [0.717, 1.165) is 42.0 Å². The molecule has 4 rings (SSSR count). The number of thioether (sulfide) groups is 1. The number of esters is 1. The van der Waals surface area contributed by atoms with Crippen LogP contribution in [0, 0.1) is 0 Å². The molecule has 0 saturated carbocycles. The first-order valence-electron chi connectivity index (χ1n) is 8.64. The Morgan fingerprint density at radius 2 is 1.60 bits per heavy atom. The van der Waals surface area contributed by atoms with E-state index in [4.69, 9.17) is 9.47 Å². The minimum atomic E-state index is -1.18. The Morgan fingerprint density at radius 3 is 2.24 bits per heavy atom. The molecule has 2 aliphatic rings. The molecule has 2 heterocycles. The first-order chi connectivity index (χ1) is 12.2. The highest BCUT2D eigenvalue weighted by Gasteiger charge is 2.60. The first kappa shape index (κ1) is 16.6. The highest BCUT2D eigenvalue weighted by atomic mass is 32.2. The second-order valence-electron chi connectivity index (χ2n) is 6.54. The van der Waals surface area contributed by atoms with Gasteiger partial charge in [-0.1, -0.05) is 42.5 Å². The lowest BCUT2D eigenvalue weighted by molar-refractivity contribution is -0.672. The number of rotatable bonds is 3. The van der Waals surface area contributed by atoms with Crippen molar-refractivity contribution >= 4 is 17.7 Å². The van der Waals surface area contributed by atoms with Crippen molar-refractivity contribution in [2.45, 2.75) is 29.1 Å². The van der Waals surface area contributed by atoms with Crippen molar-refractivity contribution in [1.82, 2.24) is 0 Å². The van der Waals surface area contributed by atoms with Crippen LogP contribution in [0.5, 0.6) is 0 Å². The maximum absolute atomic E-state index is 13.2. The largest absolute Gasteiger partial charge is 0.430 e. The number of benzene rings is 2. The molecule has 0 aromatic heterocycles. The van der Waals surface area contributed by atoms with Gasteiger partial charge in [-0.05, 0) is 29.5 Å². The molecule has 2 aromatic carbocycles. The van der Waals surface area contributed by atoms with Crippen LogP contribution in [0.3, 0.4) is 0 Å². The van der Waals surface area contributed by atoms with Crippen LogP contribution in [-0.2, 0) is 19.9 Å². The molecule has 0 bridgehead atoms. The summed E-state index contributed by atoms with van der Waals surface area (Å²) >= 11 is 1.68. The van der Waals surface area contributed by atoms with E-state index in [1.807, 2.05) is 60.9 Å². The molecular formula is C20H22NO3S+. The topological polar surface area (TPSA) is 52.1 Å². The second kappa shape index (κ2) is 6.48. The maximum Gasteiger partial charge on any atom is 0.350 e. The second-order valence-corrected chi connectivity index (χ2v) is 7.42. The Kier molecular flexibility index (Phi) is 4.31. The molecule has 2 saturated heterocycles. The van der Waals surface area contributed by atoms with E-state index in [2.05, 4.69) is 5.32 Å². The SMILES string of the molecule is CSc1ccc(C2(c3ccccc3)OC3(CC[NH2+]CC3)OC2=O)cc1. The average molecular weight is 356 g/mol. The van der Waals surface area contributed by atoms with Crippen LogP contribution in [0.4, 0.5) is 0 Å². The molecule has 25 heavy (non-hydrogen) atoms. The lowest BCUT2D eigenvalue weighted by Gasteiger charge is -2.32. The van der Waals surface area contributed by atoms with E-state index in [0.29, 0.717) is 0 Å². The van der Waals surface area contributed by atoms with Crippen molar-refractivity contribution in [2.75, 3.05) is 19.3 Å². The maximum atomic E-state index is 13.2. The predicted octanol–water partition coefficient (Wildman–Crippen LogP) is 2.28. The van der Waals surface area contributed by atoms with Gasteiger partial charge in [0.15, 0.2) is 0 Å². The summed E-state index contributed by atoms with van der Waals surface area (Å²) in [7, 11) is 0. The van der Waals surface area contributed by atoms with E-state index in [1.165, 1.54) is 0 Å². The molecule has 130 valence electrons. The van der Waals surface area contributed by atoms with Crippen molar-refractivity contribution in [3.05, 3.63) is 65.7 Å². The summed E-state index contributed by atoms with van der Waals surface area (Å²) in [5.41, 5.74) is 0.464. The van der Waals surface area contributed by atoms with Gasteiger partial charge >= 0.3 is 5.97 Å². The molecule has 2 N–H and O–H groups in total. The fourth-order valence-electron chi connectivity index (χ4n) is 3.72. The highest BCUT2D eigenvalue weighted by molar-refractivity contribution is 7.98. The van der Waals surface area contributed by atoms with Crippen molar-refractivity contribution in [1.29, 1.82) is 0 Å². The van der Waals surface area contributed by atoms with Crippen LogP contribution < -0.4 is 5.32 Å². The molecule has 0 radical (unpaired) electrons. The molecule has 4 nitrogen and oxygen atoms in total. The number of hydrogen-bond donors (Lipinski definition) is 1. The Hall–Kier alpha value is -1.82. The van der Waals surface area contributed by atoms with Crippen molar-refractivity contribution in [3.63, 3.8) is 0 Å². The first-order valence-corrected chi connectivity index (χ1v) is 9.86. The van der Waals surface area contributed by atoms with E-state index < -0.39 is 11.4 Å². The number of piperidine rings is 1. The third-order valence-electron chi connectivity index (χ3n) is 5.04. The molecule has 1 atom stereocenters. The zero-order chi connectivity index (χ0) is 17.3. The lowest BCUT2D eigenvalue weighted by Crippen LogP contribution is -2.88. The number of carbonyl (C=O) groups is 1. The van der Waals surface area contributed by atoms with Gasteiger partial charge in [0.05, 0.1) is 25.9 Å². The zero-order valence-corrected chi connectivity index (χ0v) is 15.1. The number of quaternary nitrogens is 1. The third-order valence-corrected chi connectivity index (χ3v) is 5.78. The Bertz CT molecular complexity index is 756. The van der Waals surface area contributed by atoms with E-state index in [-0.39, 0.29) is 5.97 Å². The molecule has 2 aromatic rings. The molecule has 2 aliphatic heterocycles. The van der Waals surface area contributed by atoms with Gasteiger partial charge in [0, 0.05) is 4.90 Å². The molecule has 1 spiro atoms. The van der Waals surface area contributed by atoms with Gasteiger partial charge in [0.2, 0.25) is 11.4 Å². The standard InChI is InChI=1S/C20H21NO3S/c1-25-17-9-7-16(8-10-17)20(15-5-3-2-4-6-15)18(22)23-19(24-20)11-13-21-14-12-19/h2-10,21H,11-14H2,1H3/p+1. The van der Waals surface area contributed by atoms with Crippen LogP contribution in [0.25, 0.3) is 0 Å². The fraction of sp³-hybridized carbons (Fsp3) is 0.350. The smallest absolute Gasteiger partial charge is 0.350 e. The zero-order valence-electron chi connectivity index (χ0n) is 14.2. The van der Waals surface area contributed by atoms with Crippen LogP contribution >= 0.6 is 11.8 Å². The minimum Gasteiger partial charge on any atom is -0.430 e. The van der Waals surface area contributed by atoms with Crippen molar-refractivity contribution in [2.24, 2.45) is 0 Å². The fourth-order valence-corrected chi connectivity index (χ4v) is 4.13. The molecule has 2 fully saturated rings. The molecule has 0 aliphatic carbocycles. The van der Waals surface area contributed by atoms with Crippen LogP contribution in [0.15, 0.2) is 59.5 Å². The summed E-state index contributed by atoms with van der Waals surface area (Å²) in [6.45, 7) is 1.81. The lowest BCUT2D eigenvalue weighted by atomic mass is 9.86. The van der Waals surface area contributed by atoms with Gasteiger partial charge in [0.25, 0.3) is 0 Å². The number of ether oxygens (including phenoxy) is 2. The van der Waals surface area contributed by atoms with Gasteiger partial charge in [-0.25, -0.2) is 4.79 Å². The summed E-state index contributed by atoms with van der Waals surface area (Å²) < 4.78 is 12.4. The monoisotopic (exact) mass is 356 g/mol. The van der Waals surface area contributed by atoms with Gasteiger partial charge in [-0.15, -0.1) is 11.8 Å². The van der Waals surface area contributed by atoms with E-state index in [9.17, 15) is 4.79 Å². The summed E-state index contributed by atoms with van der Waals surface area (Å²) in [6.07, 6.45) is 3.47. The summed E-state index contributed by atoms with van der Waals surface area (Å²) in [4.78, 5) is 14.3. The number of nitrogens with two attached hydrogens (primary N) is 1. The quantitative estimate of drug-likeness (QED) is 0.677. The predicted molar refractivity (Wildman–Crippen MR) is 96.2 cm³/mol. The number of carbonyl (C=O) groups excluding carboxylic acids is 1.